The molecule has 2 atom stereocenters. The largest absolute Gasteiger partial charge is 0.375 e. The van der Waals surface area contributed by atoms with Crippen molar-refractivity contribution in [2.45, 2.75) is 23.7 Å². The quantitative estimate of drug-likeness (QED) is 0.416. The van der Waals surface area contributed by atoms with Gasteiger partial charge in [0.05, 0.1) is 0 Å². The molecule has 0 aromatic carbocycles. The Morgan fingerprint density at radius 2 is 1.00 bits per heavy atom. The summed E-state index contributed by atoms with van der Waals surface area (Å²) < 4.78 is 57.3. The third-order valence-corrected chi connectivity index (χ3v) is 3.19. The van der Waals surface area contributed by atoms with Crippen LogP contribution in [-0.4, -0.2) is 47.0 Å². The number of rotatable bonds is 5. The lowest BCUT2D eigenvalue weighted by molar-refractivity contribution is 0.178. The van der Waals surface area contributed by atoms with Crippen molar-refractivity contribution in [3.8, 4) is 0 Å². The van der Waals surface area contributed by atoms with E-state index in [1.165, 1.54) is 0 Å². The van der Waals surface area contributed by atoms with E-state index in [1.54, 1.807) is 0 Å². The Balaban J connectivity index is 4.23. The second-order valence-corrected chi connectivity index (χ2v) is 5.66. The van der Waals surface area contributed by atoms with Crippen molar-refractivity contribution < 1.29 is 36.2 Å². The maximum Gasteiger partial charge on any atom is 0.291 e. The van der Waals surface area contributed by atoms with Gasteiger partial charge in [-0.1, -0.05) is 0 Å². The van der Waals surface area contributed by atoms with Crippen molar-refractivity contribution in [3.05, 3.63) is 0 Å². The number of aliphatic hydroxyl groups is 2. The van der Waals surface area contributed by atoms with E-state index in [1.807, 2.05) is 0 Å². The zero-order valence-electron chi connectivity index (χ0n) is 6.81. The summed E-state index contributed by atoms with van der Waals surface area (Å²) in [4.78, 5) is 0. The van der Waals surface area contributed by atoms with Crippen molar-refractivity contribution >= 4 is 20.2 Å². The van der Waals surface area contributed by atoms with Gasteiger partial charge in [0.1, 0.15) is 0 Å². The summed E-state index contributed by atoms with van der Waals surface area (Å²) in [6.07, 6.45) is -1.42. The van der Waals surface area contributed by atoms with Crippen LogP contribution >= 0.6 is 0 Å². The third kappa shape index (κ3) is 4.83. The van der Waals surface area contributed by atoms with E-state index in [4.69, 9.17) is 19.3 Å². The summed E-state index contributed by atoms with van der Waals surface area (Å²) in [7, 11) is -9.35. The van der Waals surface area contributed by atoms with Gasteiger partial charge in [0.15, 0.2) is 10.9 Å². The summed E-state index contributed by atoms with van der Waals surface area (Å²) in [5, 5.41) is 17.3. The summed E-state index contributed by atoms with van der Waals surface area (Å²) in [6.45, 7) is 0. The molecule has 0 aromatic heterocycles. The molecular weight excluding hydrogens is 240 g/mol. The Kier molecular flexibility index (Phi) is 4.42. The normalized spacial score (nSPS) is 17.7. The van der Waals surface area contributed by atoms with Crippen LogP contribution in [0.4, 0.5) is 0 Å². The average molecular weight is 250 g/mol. The molecule has 14 heavy (non-hydrogen) atoms. The zero-order valence-corrected chi connectivity index (χ0v) is 8.44. The molecule has 86 valence electrons. The first-order chi connectivity index (χ1) is 6.05. The molecule has 8 nitrogen and oxygen atoms in total. The highest BCUT2D eigenvalue weighted by molar-refractivity contribution is 7.86. The summed E-state index contributed by atoms with van der Waals surface area (Å²) in [5.74, 6) is 0. The van der Waals surface area contributed by atoms with E-state index in [0.717, 1.165) is 0 Å². The van der Waals surface area contributed by atoms with Crippen LogP contribution in [-0.2, 0) is 20.2 Å². The van der Waals surface area contributed by atoms with Gasteiger partial charge in [-0.2, -0.15) is 16.8 Å². The first-order valence-electron chi connectivity index (χ1n) is 3.34. The fraction of sp³-hybridized carbons (Fsp3) is 1.00. The maximum absolute atomic E-state index is 10.2. The summed E-state index contributed by atoms with van der Waals surface area (Å²) in [5.41, 5.74) is -4.36. The molecule has 0 aliphatic heterocycles. The van der Waals surface area contributed by atoms with Crippen LogP contribution in [0.3, 0.4) is 0 Å². The van der Waals surface area contributed by atoms with Crippen LogP contribution in [0.15, 0.2) is 0 Å². The summed E-state index contributed by atoms with van der Waals surface area (Å²) in [6, 6.07) is 0. The Labute approximate surface area is 80.7 Å². The Morgan fingerprint density at radius 1 is 0.786 bits per heavy atom. The van der Waals surface area contributed by atoms with Crippen LogP contribution in [0.5, 0.6) is 0 Å². The van der Waals surface area contributed by atoms with Crippen LogP contribution in [0.2, 0.25) is 0 Å². The first-order valence-corrected chi connectivity index (χ1v) is 6.34. The van der Waals surface area contributed by atoms with Crippen molar-refractivity contribution in [1.29, 1.82) is 0 Å². The Bertz CT molecular complexity index is 328. The van der Waals surface area contributed by atoms with Gasteiger partial charge in [-0.25, -0.2) is 0 Å². The molecular formula is C4H10O8S2. The molecule has 0 saturated carbocycles. The number of aliphatic hydroxyl groups excluding tert-OH is 2. The molecule has 0 fully saturated rings. The molecule has 0 radical (unpaired) electrons. The van der Waals surface area contributed by atoms with E-state index in [0.29, 0.717) is 0 Å². The highest BCUT2D eigenvalue weighted by atomic mass is 32.2. The molecule has 0 spiro atoms. The molecule has 0 rings (SSSR count). The molecule has 0 bridgehead atoms. The summed E-state index contributed by atoms with van der Waals surface area (Å²) >= 11 is 0. The molecule has 0 aromatic rings. The monoisotopic (exact) mass is 250 g/mol. The molecule has 0 amide bonds. The molecule has 0 saturated heterocycles. The molecule has 0 heterocycles. The number of hydrogen-bond acceptors (Lipinski definition) is 6. The molecule has 10 heteroatoms. The van der Waals surface area contributed by atoms with Gasteiger partial charge in [0.2, 0.25) is 0 Å². The van der Waals surface area contributed by atoms with Crippen LogP contribution < -0.4 is 0 Å². The van der Waals surface area contributed by atoms with Gasteiger partial charge in [0.25, 0.3) is 20.2 Å². The van der Waals surface area contributed by atoms with Crippen molar-refractivity contribution in [2.24, 2.45) is 0 Å². The van der Waals surface area contributed by atoms with Crippen LogP contribution in [0.1, 0.15) is 12.8 Å². The Hall–Kier alpha value is -0.260. The smallest absolute Gasteiger partial charge is 0.291 e. The predicted octanol–water partition coefficient (Wildman–Crippen LogP) is -1.82. The maximum atomic E-state index is 10.2. The van der Waals surface area contributed by atoms with E-state index < -0.39 is 43.9 Å². The minimum Gasteiger partial charge on any atom is -0.375 e. The van der Waals surface area contributed by atoms with Crippen molar-refractivity contribution in [2.75, 3.05) is 0 Å². The minimum atomic E-state index is -4.68. The van der Waals surface area contributed by atoms with E-state index in [2.05, 4.69) is 0 Å². The second kappa shape index (κ2) is 4.51. The lowest BCUT2D eigenvalue weighted by Gasteiger charge is -2.09. The van der Waals surface area contributed by atoms with E-state index in [9.17, 15) is 16.8 Å². The van der Waals surface area contributed by atoms with Crippen molar-refractivity contribution in [3.63, 3.8) is 0 Å². The first kappa shape index (κ1) is 13.7. The van der Waals surface area contributed by atoms with Crippen molar-refractivity contribution in [1.82, 2.24) is 0 Å². The fourth-order valence-corrected chi connectivity index (χ4v) is 1.45. The van der Waals surface area contributed by atoms with E-state index >= 15 is 0 Å². The lowest BCUT2D eigenvalue weighted by Crippen LogP contribution is -2.25. The average Bonchev–Trinajstić information content (AvgIpc) is 1.95. The zero-order chi connectivity index (χ0) is 11.6. The molecule has 0 aliphatic carbocycles. The van der Waals surface area contributed by atoms with Gasteiger partial charge in [-0.15, -0.1) is 0 Å². The van der Waals surface area contributed by atoms with Gasteiger partial charge in [-0.05, 0) is 12.8 Å². The third-order valence-electron chi connectivity index (χ3n) is 1.35. The lowest BCUT2D eigenvalue weighted by atomic mass is 10.3. The van der Waals surface area contributed by atoms with Gasteiger partial charge >= 0.3 is 0 Å². The van der Waals surface area contributed by atoms with Gasteiger partial charge in [0, 0.05) is 0 Å². The van der Waals surface area contributed by atoms with Gasteiger partial charge in [-0.3, -0.25) is 9.11 Å². The van der Waals surface area contributed by atoms with Gasteiger partial charge < -0.3 is 10.2 Å². The second-order valence-electron chi connectivity index (χ2n) is 2.52. The molecule has 0 aliphatic rings. The topological polar surface area (TPSA) is 149 Å². The van der Waals surface area contributed by atoms with E-state index in [-0.39, 0.29) is 0 Å². The molecule has 4 N–H and O–H groups in total. The molecule has 0 unspecified atom stereocenters. The minimum absolute atomic E-state index is 0.709. The predicted molar refractivity (Wildman–Crippen MR) is 44.3 cm³/mol. The van der Waals surface area contributed by atoms with Crippen LogP contribution in [0.25, 0.3) is 0 Å². The number of hydrogen-bond donors (Lipinski definition) is 4. The standard InChI is InChI=1S/C4H10O8S2/c5-3(13(7,8)9)1-2-4(6)14(10,11)12/h3-6H,1-2H2,(H,7,8,9)(H,10,11,12)/t3-,4+. The Morgan fingerprint density at radius 3 is 1.14 bits per heavy atom. The van der Waals surface area contributed by atoms with Crippen LogP contribution in [0, 0.1) is 0 Å². The SMILES string of the molecule is O=S(=O)(O)[C@H](O)CC[C@H](O)S(=O)(=O)O. The fourth-order valence-electron chi connectivity index (χ4n) is 0.583. The highest BCUT2D eigenvalue weighted by Gasteiger charge is 2.25. The highest BCUT2D eigenvalue weighted by Crippen LogP contribution is 2.09.